The van der Waals surface area contributed by atoms with Gasteiger partial charge < -0.3 is 9.13 Å². The summed E-state index contributed by atoms with van der Waals surface area (Å²) < 4.78 is 4.75. The van der Waals surface area contributed by atoms with Gasteiger partial charge in [-0.25, -0.2) is 15.0 Å². The van der Waals surface area contributed by atoms with Gasteiger partial charge in [0.05, 0.1) is 16.6 Å². The number of fused-ring (bicyclic) bond motifs is 7. The van der Waals surface area contributed by atoms with Crippen LogP contribution in [0.4, 0.5) is 0 Å². The van der Waals surface area contributed by atoms with E-state index < -0.39 is 0 Å². The number of hydrogen-bond donors (Lipinski definition) is 0. The van der Waals surface area contributed by atoms with E-state index in [1.807, 2.05) is 60.7 Å². The molecule has 0 spiro atoms. The number of nitrogens with zero attached hydrogens (tertiary/aromatic N) is 5. The van der Waals surface area contributed by atoms with Gasteiger partial charge in [0.25, 0.3) is 0 Å². The van der Waals surface area contributed by atoms with E-state index in [1.54, 1.807) is 0 Å². The van der Waals surface area contributed by atoms with Crippen LogP contribution in [-0.2, 0) is 0 Å². The van der Waals surface area contributed by atoms with Gasteiger partial charge in [-0.15, -0.1) is 0 Å². The minimum atomic E-state index is 0.627. The molecular weight excluding hydrogens is 755 g/mol. The first-order valence-electron chi connectivity index (χ1n) is 20.9. The summed E-state index contributed by atoms with van der Waals surface area (Å²) in [6.45, 7) is 0. The molecule has 5 heteroatoms. The second kappa shape index (κ2) is 14.7. The van der Waals surface area contributed by atoms with E-state index in [0.717, 1.165) is 33.6 Å². The van der Waals surface area contributed by atoms with Gasteiger partial charge in [-0.05, 0) is 76.2 Å². The number of aromatic nitrogens is 5. The predicted octanol–water partition coefficient (Wildman–Crippen LogP) is 14.4. The Morgan fingerprint density at radius 1 is 0.306 bits per heavy atom. The van der Waals surface area contributed by atoms with E-state index in [2.05, 4.69) is 173 Å². The first kappa shape index (κ1) is 35.5. The van der Waals surface area contributed by atoms with Crippen molar-refractivity contribution in [3.8, 4) is 67.8 Å². The molecule has 3 aromatic heterocycles. The zero-order valence-electron chi connectivity index (χ0n) is 33.6. The van der Waals surface area contributed by atoms with Gasteiger partial charge in [-0.3, -0.25) is 0 Å². The van der Waals surface area contributed by atoms with Gasteiger partial charge in [-0.1, -0.05) is 170 Å². The summed E-state index contributed by atoms with van der Waals surface area (Å²) >= 11 is 0. The average Bonchev–Trinajstić information content (AvgIpc) is 3.95. The molecule has 0 aliphatic heterocycles. The highest BCUT2D eigenvalue weighted by molar-refractivity contribution is 6.25. The largest absolute Gasteiger partial charge is 0.316 e. The molecule has 0 saturated heterocycles. The lowest BCUT2D eigenvalue weighted by atomic mass is 9.98. The normalized spacial score (nSPS) is 11.5. The monoisotopic (exact) mass is 791 g/mol. The molecule has 0 fully saturated rings. The molecule has 0 bridgehead atoms. The topological polar surface area (TPSA) is 48.5 Å². The molecule has 0 unspecified atom stereocenters. The molecule has 12 rings (SSSR count). The van der Waals surface area contributed by atoms with Crippen molar-refractivity contribution < 1.29 is 0 Å². The van der Waals surface area contributed by atoms with Crippen molar-refractivity contribution in [1.29, 1.82) is 0 Å². The maximum absolute atomic E-state index is 5.04. The Morgan fingerprint density at radius 2 is 0.823 bits per heavy atom. The third kappa shape index (κ3) is 6.06. The van der Waals surface area contributed by atoms with Crippen LogP contribution in [0, 0.1) is 0 Å². The van der Waals surface area contributed by atoms with Crippen molar-refractivity contribution in [1.82, 2.24) is 24.1 Å². The van der Waals surface area contributed by atoms with E-state index >= 15 is 0 Å². The standard InChI is InChI=1S/C57H37N5/c1-5-16-38(17-6-1)44-34-45(39-18-7-2-8-19-39)37-47(36-44)62-51-27-14-13-26-50(51)53-48-29-28-40-32-33-61(54(40)49(48)30-31-52(53)62)46-25-15-24-43(35-46)57-59-55(41-20-9-3-10-21-41)58-56(60-57)42-22-11-4-12-23-42/h1-37H. The maximum atomic E-state index is 5.04. The van der Waals surface area contributed by atoms with Gasteiger partial charge >= 0.3 is 0 Å². The highest BCUT2D eigenvalue weighted by Crippen LogP contribution is 2.41. The van der Waals surface area contributed by atoms with Crippen molar-refractivity contribution in [2.45, 2.75) is 0 Å². The summed E-state index contributed by atoms with van der Waals surface area (Å²) in [6, 6.07) is 77.3. The number of rotatable bonds is 7. The van der Waals surface area contributed by atoms with Gasteiger partial charge in [0.15, 0.2) is 17.5 Å². The summed E-state index contributed by atoms with van der Waals surface area (Å²) in [6.07, 6.45) is 2.18. The Bertz CT molecular complexity index is 3500. The Labute approximate surface area is 358 Å². The summed E-state index contributed by atoms with van der Waals surface area (Å²) in [5.74, 6) is 1.91. The zero-order chi connectivity index (χ0) is 41.0. The minimum Gasteiger partial charge on any atom is -0.316 e. The van der Waals surface area contributed by atoms with Crippen LogP contribution in [-0.4, -0.2) is 24.1 Å². The van der Waals surface area contributed by atoms with Gasteiger partial charge in [0.1, 0.15) is 0 Å². The Hall–Kier alpha value is -8.41. The van der Waals surface area contributed by atoms with Crippen LogP contribution >= 0.6 is 0 Å². The highest BCUT2D eigenvalue weighted by atomic mass is 15.0. The molecule has 290 valence electrons. The van der Waals surface area contributed by atoms with Crippen LogP contribution in [0.1, 0.15) is 0 Å². The van der Waals surface area contributed by atoms with E-state index in [9.17, 15) is 0 Å². The fraction of sp³-hybridized carbons (Fsp3) is 0. The molecule has 5 nitrogen and oxygen atoms in total. The summed E-state index contributed by atoms with van der Waals surface area (Å²) in [4.78, 5) is 15.0. The summed E-state index contributed by atoms with van der Waals surface area (Å²) in [5, 5.41) is 6.03. The van der Waals surface area contributed by atoms with Crippen LogP contribution in [0.2, 0.25) is 0 Å². The molecule has 0 atom stereocenters. The molecular formula is C57H37N5. The van der Waals surface area contributed by atoms with Crippen LogP contribution in [0.25, 0.3) is 111 Å². The molecule has 0 saturated carbocycles. The van der Waals surface area contributed by atoms with Crippen molar-refractivity contribution in [2.75, 3.05) is 0 Å². The van der Waals surface area contributed by atoms with Gasteiger partial charge in [0, 0.05) is 55.8 Å². The molecule has 9 aromatic carbocycles. The Kier molecular flexibility index (Phi) is 8.42. The molecule has 0 radical (unpaired) electrons. The number of hydrogen-bond acceptors (Lipinski definition) is 3. The first-order chi connectivity index (χ1) is 30.7. The molecule has 0 aliphatic rings. The lowest BCUT2D eigenvalue weighted by Gasteiger charge is -2.14. The van der Waals surface area contributed by atoms with Crippen molar-refractivity contribution in [2.24, 2.45) is 0 Å². The molecule has 12 aromatic rings. The highest BCUT2D eigenvalue weighted by Gasteiger charge is 2.19. The molecule has 62 heavy (non-hydrogen) atoms. The second-order valence-corrected chi connectivity index (χ2v) is 15.7. The summed E-state index contributed by atoms with van der Waals surface area (Å²) in [5.41, 5.74) is 13.2. The quantitative estimate of drug-likeness (QED) is 0.162. The van der Waals surface area contributed by atoms with Crippen LogP contribution in [0.3, 0.4) is 0 Å². The van der Waals surface area contributed by atoms with Gasteiger partial charge in [0.2, 0.25) is 0 Å². The second-order valence-electron chi connectivity index (χ2n) is 15.7. The SMILES string of the molecule is c1ccc(-c2cc(-c3ccccc3)cc(-n3c4ccccc4c4c5ccc6ccn(-c7cccc(-c8nc(-c9ccccc9)nc(-c9ccccc9)n8)c7)c6c5ccc43)c2)cc1. The third-order valence-electron chi connectivity index (χ3n) is 12.0. The number of benzene rings is 9. The Morgan fingerprint density at radius 3 is 1.45 bits per heavy atom. The van der Waals surface area contributed by atoms with E-state index in [-0.39, 0.29) is 0 Å². The lowest BCUT2D eigenvalue weighted by Crippen LogP contribution is -2.01. The molecule has 0 aliphatic carbocycles. The fourth-order valence-electron chi connectivity index (χ4n) is 9.07. The molecule has 3 heterocycles. The molecule has 0 N–H and O–H groups in total. The smallest absolute Gasteiger partial charge is 0.164 e. The zero-order valence-corrected chi connectivity index (χ0v) is 33.6. The average molecular weight is 792 g/mol. The Balaban J connectivity index is 1.04. The van der Waals surface area contributed by atoms with Crippen LogP contribution in [0.5, 0.6) is 0 Å². The van der Waals surface area contributed by atoms with Gasteiger partial charge in [-0.2, -0.15) is 0 Å². The predicted molar refractivity (Wildman–Crippen MR) is 256 cm³/mol. The van der Waals surface area contributed by atoms with Crippen molar-refractivity contribution >= 4 is 43.5 Å². The van der Waals surface area contributed by atoms with E-state index in [4.69, 9.17) is 15.0 Å². The van der Waals surface area contributed by atoms with Crippen molar-refractivity contribution in [3.63, 3.8) is 0 Å². The van der Waals surface area contributed by atoms with Crippen LogP contribution < -0.4 is 0 Å². The van der Waals surface area contributed by atoms with E-state index in [0.29, 0.717) is 17.5 Å². The maximum Gasteiger partial charge on any atom is 0.164 e. The summed E-state index contributed by atoms with van der Waals surface area (Å²) in [7, 11) is 0. The van der Waals surface area contributed by atoms with Crippen molar-refractivity contribution in [3.05, 3.63) is 225 Å². The first-order valence-corrected chi connectivity index (χ1v) is 20.9. The minimum absolute atomic E-state index is 0.627. The third-order valence-corrected chi connectivity index (χ3v) is 12.0. The lowest BCUT2D eigenvalue weighted by molar-refractivity contribution is 1.07. The van der Waals surface area contributed by atoms with E-state index in [1.165, 1.54) is 60.2 Å². The fourth-order valence-corrected chi connectivity index (χ4v) is 9.07. The molecule has 0 amide bonds. The number of para-hydroxylation sites is 1. The van der Waals surface area contributed by atoms with Crippen LogP contribution in [0.15, 0.2) is 225 Å².